The number of fused-ring (bicyclic) bond motifs is 2. The maximum absolute atomic E-state index is 11.8. The average molecular weight is 280 g/mol. The number of para-hydroxylation sites is 1. The third-order valence-corrected chi connectivity index (χ3v) is 3.35. The largest absolute Gasteiger partial charge is 0.481 e. The number of pyridine rings is 1. The summed E-state index contributed by atoms with van der Waals surface area (Å²) in [5, 5.41) is 10.1. The van der Waals surface area contributed by atoms with Crippen LogP contribution in [-0.2, 0) is 11.2 Å². The first-order chi connectivity index (χ1) is 10.1. The number of benzene rings is 2. The Balaban J connectivity index is 2.38. The molecule has 0 fully saturated rings. The lowest BCUT2D eigenvalue weighted by Crippen LogP contribution is -2.13. The quantitative estimate of drug-likeness (QED) is 0.718. The van der Waals surface area contributed by atoms with Gasteiger partial charge in [-0.15, -0.1) is 0 Å². The molecule has 0 radical (unpaired) electrons. The van der Waals surface area contributed by atoms with Crippen molar-refractivity contribution in [3.8, 4) is 0 Å². The number of primary amides is 1. The molecule has 0 saturated carbocycles. The zero-order chi connectivity index (χ0) is 15.0. The van der Waals surface area contributed by atoms with E-state index in [2.05, 4.69) is 4.98 Å². The molecule has 104 valence electrons. The highest BCUT2D eigenvalue weighted by molar-refractivity contribution is 6.15. The van der Waals surface area contributed by atoms with Crippen molar-refractivity contribution in [3.63, 3.8) is 0 Å². The van der Waals surface area contributed by atoms with Crippen LogP contribution in [0, 0.1) is 0 Å². The van der Waals surface area contributed by atoms with Crippen LogP contribution in [0.4, 0.5) is 0 Å². The predicted octanol–water partition coefficient (Wildman–Crippen LogP) is 2.11. The topological polar surface area (TPSA) is 93.3 Å². The maximum atomic E-state index is 11.8. The van der Waals surface area contributed by atoms with Crippen molar-refractivity contribution in [2.75, 3.05) is 0 Å². The third kappa shape index (κ3) is 2.29. The van der Waals surface area contributed by atoms with Crippen molar-refractivity contribution in [2.45, 2.75) is 6.42 Å². The number of amides is 1. The van der Waals surface area contributed by atoms with E-state index in [-0.39, 0.29) is 6.42 Å². The van der Waals surface area contributed by atoms with E-state index >= 15 is 0 Å². The lowest BCUT2D eigenvalue weighted by atomic mass is 9.99. The summed E-state index contributed by atoms with van der Waals surface area (Å²) in [5.41, 5.74) is 7.80. The van der Waals surface area contributed by atoms with E-state index in [0.717, 1.165) is 0 Å². The molecular formula is C16H12N2O3. The van der Waals surface area contributed by atoms with Crippen LogP contribution in [0.2, 0.25) is 0 Å². The van der Waals surface area contributed by atoms with Gasteiger partial charge in [-0.3, -0.25) is 9.59 Å². The highest BCUT2D eigenvalue weighted by atomic mass is 16.4. The minimum Gasteiger partial charge on any atom is -0.481 e. The molecule has 0 saturated heterocycles. The van der Waals surface area contributed by atoms with Crippen LogP contribution in [-0.4, -0.2) is 22.0 Å². The number of nitrogens with zero attached hydrogens (tertiary/aromatic N) is 1. The van der Waals surface area contributed by atoms with Gasteiger partial charge in [-0.25, -0.2) is 4.98 Å². The molecule has 0 aliphatic rings. The fourth-order valence-corrected chi connectivity index (χ4v) is 2.49. The van der Waals surface area contributed by atoms with E-state index < -0.39 is 11.9 Å². The Labute approximate surface area is 120 Å². The summed E-state index contributed by atoms with van der Waals surface area (Å²) in [5.74, 6) is -1.48. The van der Waals surface area contributed by atoms with Crippen LogP contribution < -0.4 is 5.73 Å². The van der Waals surface area contributed by atoms with Gasteiger partial charge < -0.3 is 10.8 Å². The first kappa shape index (κ1) is 13.1. The van der Waals surface area contributed by atoms with Crippen molar-refractivity contribution in [1.29, 1.82) is 0 Å². The van der Waals surface area contributed by atoms with E-state index in [9.17, 15) is 9.59 Å². The molecule has 1 heterocycles. The fourth-order valence-electron chi connectivity index (χ4n) is 2.49. The van der Waals surface area contributed by atoms with Crippen molar-refractivity contribution in [2.24, 2.45) is 5.73 Å². The molecule has 1 amide bonds. The number of carboxylic acid groups (broad SMARTS) is 1. The van der Waals surface area contributed by atoms with Crippen LogP contribution >= 0.6 is 0 Å². The molecule has 0 aliphatic carbocycles. The fraction of sp³-hybridized carbons (Fsp3) is 0.0625. The number of rotatable bonds is 3. The van der Waals surface area contributed by atoms with Gasteiger partial charge in [-0.05, 0) is 23.8 Å². The summed E-state index contributed by atoms with van der Waals surface area (Å²) in [4.78, 5) is 27.2. The first-order valence-electron chi connectivity index (χ1n) is 6.39. The Morgan fingerprint density at radius 1 is 1.05 bits per heavy atom. The number of carbonyl (C=O) groups is 2. The standard InChI is InChI=1S/C16H12N2O3/c17-16(21)15-10-3-1-2-4-12(10)18-13-6-5-9(7-11(13)15)8-14(19)20/h1-7H,8H2,(H2,17,21)(H,19,20). The summed E-state index contributed by atoms with van der Waals surface area (Å²) in [6.07, 6.45) is -0.110. The van der Waals surface area contributed by atoms with E-state index in [1.165, 1.54) is 0 Å². The summed E-state index contributed by atoms with van der Waals surface area (Å²) in [6.45, 7) is 0. The van der Waals surface area contributed by atoms with Gasteiger partial charge in [0.25, 0.3) is 0 Å². The zero-order valence-electron chi connectivity index (χ0n) is 11.0. The molecule has 0 bridgehead atoms. The SMILES string of the molecule is NC(=O)c1c2ccccc2nc2ccc(CC(=O)O)cc12. The van der Waals surface area contributed by atoms with E-state index in [1.807, 2.05) is 18.2 Å². The third-order valence-electron chi connectivity index (χ3n) is 3.35. The number of aromatic nitrogens is 1. The minimum absolute atomic E-state index is 0.110. The van der Waals surface area contributed by atoms with Crippen LogP contribution in [0.25, 0.3) is 21.8 Å². The maximum Gasteiger partial charge on any atom is 0.307 e. The highest BCUT2D eigenvalue weighted by Crippen LogP contribution is 2.26. The number of aliphatic carboxylic acids is 1. The second-order valence-corrected chi connectivity index (χ2v) is 4.79. The van der Waals surface area contributed by atoms with E-state index in [4.69, 9.17) is 10.8 Å². The van der Waals surface area contributed by atoms with Crippen molar-refractivity contribution in [3.05, 3.63) is 53.6 Å². The highest BCUT2D eigenvalue weighted by Gasteiger charge is 2.14. The van der Waals surface area contributed by atoms with Crippen molar-refractivity contribution in [1.82, 2.24) is 4.98 Å². The molecule has 5 heteroatoms. The smallest absolute Gasteiger partial charge is 0.307 e. The van der Waals surface area contributed by atoms with Gasteiger partial charge in [0.2, 0.25) is 5.91 Å². The lowest BCUT2D eigenvalue weighted by molar-refractivity contribution is -0.136. The minimum atomic E-state index is -0.927. The van der Waals surface area contributed by atoms with Gasteiger partial charge in [0.1, 0.15) is 0 Å². The average Bonchev–Trinajstić information content (AvgIpc) is 2.43. The number of carboxylic acids is 1. The number of nitrogens with two attached hydrogens (primary N) is 1. The molecule has 1 aromatic heterocycles. The Hall–Kier alpha value is -2.95. The molecule has 0 unspecified atom stereocenters. The molecule has 3 N–H and O–H groups in total. The predicted molar refractivity (Wildman–Crippen MR) is 79.1 cm³/mol. The van der Waals surface area contributed by atoms with E-state index in [0.29, 0.717) is 32.9 Å². The molecule has 0 atom stereocenters. The van der Waals surface area contributed by atoms with Crippen LogP contribution in [0.15, 0.2) is 42.5 Å². The molecule has 5 nitrogen and oxygen atoms in total. The van der Waals surface area contributed by atoms with Gasteiger partial charge >= 0.3 is 5.97 Å². The molecule has 21 heavy (non-hydrogen) atoms. The van der Waals surface area contributed by atoms with Crippen LogP contribution in [0.3, 0.4) is 0 Å². The van der Waals surface area contributed by atoms with Gasteiger partial charge in [-0.1, -0.05) is 24.3 Å². The Morgan fingerprint density at radius 2 is 1.76 bits per heavy atom. The zero-order valence-corrected chi connectivity index (χ0v) is 11.0. The number of hydrogen-bond acceptors (Lipinski definition) is 3. The second kappa shape index (κ2) is 4.86. The molecule has 0 aliphatic heterocycles. The first-order valence-corrected chi connectivity index (χ1v) is 6.39. The number of hydrogen-bond donors (Lipinski definition) is 2. The van der Waals surface area contributed by atoms with Crippen LogP contribution in [0.1, 0.15) is 15.9 Å². The monoisotopic (exact) mass is 280 g/mol. The molecule has 2 aromatic carbocycles. The summed E-state index contributed by atoms with van der Waals surface area (Å²) in [6, 6.07) is 12.3. The van der Waals surface area contributed by atoms with Gasteiger partial charge in [0.15, 0.2) is 0 Å². The normalized spacial score (nSPS) is 10.9. The Bertz CT molecular complexity index is 887. The van der Waals surface area contributed by atoms with Crippen LogP contribution in [0.5, 0.6) is 0 Å². The van der Waals surface area contributed by atoms with Crippen molar-refractivity contribution >= 4 is 33.7 Å². The Kier molecular flexibility index (Phi) is 3.02. The Morgan fingerprint density at radius 3 is 2.48 bits per heavy atom. The van der Waals surface area contributed by atoms with E-state index in [1.54, 1.807) is 24.3 Å². The number of carbonyl (C=O) groups excluding carboxylic acids is 1. The van der Waals surface area contributed by atoms with Gasteiger partial charge in [0, 0.05) is 10.8 Å². The molecule has 3 aromatic rings. The summed E-state index contributed by atoms with van der Waals surface area (Å²) < 4.78 is 0. The summed E-state index contributed by atoms with van der Waals surface area (Å²) >= 11 is 0. The lowest BCUT2D eigenvalue weighted by Gasteiger charge is -2.09. The molecular weight excluding hydrogens is 268 g/mol. The second-order valence-electron chi connectivity index (χ2n) is 4.79. The molecule has 0 spiro atoms. The molecule has 3 rings (SSSR count). The van der Waals surface area contributed by atoms with Gasteiger partial charge in [0.05, 0.1) is 23.0 Å². The van der Waals surface area contributed by atoms with Gasteiger partial charge in [-0.2, -0.15) is 0 Å². The summed E-state index contributed by atoms with van der Waals surface area (Å²) in [7, 11) is 0. The van der Waals surface area contributed by atoms with Crippen molar-refractivity contribution < 1.29 is 14.7 Å².